The zero-order valence-electron chi connectivity index (χ0n) is 24.0. The van der Waals surface area contributed by atoms with Crippen LogP contribution in [0, 0.1) is 0 Å². The fourth-order valence-corrected chi connectivity index (χ4v) is 3.95. The van der Waals surface area contributed by atoms with Gasteiger partial charge in [0.25, 0.3) is 5.91 Å². The lowest BCUT2D eigenvalue weighted by atomic mass is 10.1. The molecular formula is C29H36N2O11. The molecule has 2 heterocycles. The molecule has 1 amide bonds. The summed E-state index contributed by atoms with van der Waals surface area (Å²) in [5.74, 6) is -2.76. The third-order valence-corrected chi connectivity index (χ3v) is 6.14. The molecule has 13 nitrogen and oxygen atoms in total. The Morgan fingerprint density at radius 1 is 1.12 bits per heavy atom. The number of pyridine rings is 1. The number of esters is 3. The lowest BCUT2D eigenvalue weighted by Gasteiger charge is -2.30. The van der Waals surface area contributed by atoms with E-state index in [0.717, 1.165) is 12.8 Å². The van der Waals surface area contributed by atoms with Gasteiger partial charge in [0.05, 0.1) is 25.9 Å². The van der Waals surface area contributed by atoms with Crippen molar-refractivity contribution in [3.8, 4) is 11.5 Å². The molecule has 42 heavy (non-hydrogen) atoms. The van der Waals surface area contributed by atoms with Crippen molar-refractivity contribution in [1.29, 1.82) is 0 Å². The van der Waals surface area contributed by atoms with Gasteiger partial charge in [0.2, 0.25) is 6.79 Å². The summed E-state index contributed by atoms with van der Waals surface area (Å²) in [6.07, 6.45) is 0.271. The van der Waals surface area contributed by atoms with Crippen LogP contribution in [-0.4, -0.2) is 86.9 Å². The minimum atomic E-state index is -1.26. The van der Waals surface area contributed by atoms with Gasteiger partial charge in [0, 0.05) is 25.8 Å². The average molecular weight is 589 g/mol. The molecule has 2 aromatic rings. The van der Waals surface area contributed by atoms with E-state index in [9.17, 15) is 19.2 Å². The molecule has 1 saturated heterocycles. The molecule has 4 atom stereocenters. The molecule has 0 spiro atoms. The second-order valence-corrected chi connectivity index (χ2v) is 9.29. The minimum Gasteiger partial charge on any atom is -0.493 e. The highest BCUT2D eigenvalue weighted by atomic mass is 16.7. The van der Waals surface area contributed by atoms with Crippen molar-refractivity contribution in [3.05, 3.63) is 53.9 Å². The van der Waals surface area contributed by atoms with Crippen molar-refractivity contribution in [2.75, 3.05) is 33.7 Å². The molecule has 0 aliphatic carbocycles. The van der Waals surface area contributed by atoms with Gasteiger partial charge in [-0.25, -0.2) is 14.6 Å². The lowest BCUT2D eigenvalue weighted by molar-refractivity contribution is -0.161. The van der Waals surface area contributed by atoms with Crippen molar-refractivity contribution < 1.29 is 52.3 Å². The Hall–Kier alpha value is -4.23. The van der Waals surface area contributed by atoms with Crippen molar-refractivity contribution in [3.63, 3.8) is 0 Å². The van der Waals surface area contributed by atoms with E-state index in [-0.39, 0.29) is 30.4 Å². The Balaban J connectivity index is 1.78. The van der Waals surface area contributed by atoms with E-state index in [2.05, 4.69) is 10.3 Å². The van der Waals surface area contributed by atoms with Gasteiger partial charge in [-0.1, -0.05) is 31.5 Å². The quantitative estimate of drug-likeness (QED) is 0.167. The van der Waals surface area contributed by atoms with Crippen LogP contribution in [0.1, 0.15) is 54.5 Å². The number of nitrogens with one attached hydrogen (secondary N) is 1. The molecule has 0 saturated carbocycles. The Kier molecular flexibility index (Phi) is 12.5. The number of methoxy groups -OCH3 is 1. The molecule has 13 heteroatoms. The molecule has 228 valence electrons. The molecule has 1 aliphatic rings. The van der Waals surface area contributed by atoms with Gasteiger partial charge in [0.15, 0.2) is 29.3 Å². The van der Waals surface area contributed by atoms with Crippen molar-refractivity contribution in [2.24, 2.45) is 0 Å². The number of benzene rings is 1. The summed E-state index contributed by atoms with van der Waals surface area (Å²) in [6.45, 7) is 4.36. The van der Waals surface area contributed by atoms with Crippen LogP contribution in [0.4, 0.5) is 0 Å². The maximum Gasteiger partial charge on any atom is 0.338 e. The van der Waals surface area contributed by atoms with Gasteiger partial charge >= 0.3 is 17.9 Å². The topological polar surface area (TPSA) is 158 Å². The summed E-state index contributed by atoms with van der Waals surface area (Å²) < 4.78 is 38.7. The number of ether oxygens (including phenoxy) is 7. The van der Waals surface area contributed by atoms with Gasteiger partial charge in [-0.3, -0.25) is 9.59 Å². The van der Waals surface area contributed by atoms with E-state index in [1.165, 1.54) is 26.3 Å². The van der Waals surface area contributed by atoms with Gasteiger partial charge in [-0.2, -0.15) is 0 Å². The third-order valence-electron chi connectivity index (χ3n) is 6.14. The first kappa shape index (κ1) is 32.3. The van der Waals surface area contributed by atoms with E-state index < -0.39 is 55.0 Å². The van der Waals surface area contributed by atoms with Gasteiger partial charge in [0.1, 0.15) is 12.2 Å². The highest BCUT2D eigenvalue weighted by Gasteiger charge is 2.38. The first-order chi connectivity index (χ1) is 20.2. The van der Waals surface area contributed by atoms with Crippen LogP contribution < -0.4 is 14.8 Å². The van der Waals surface area contributed by atoms with Crippen molar-refractivity contribution >= 4 is 23.8 Å². The smallest absolute Gasteiger partial charge is 0.338 e. The fraction of sp³-hybridized carbons (Fsp3) is 0.483. The highest BCUT2D eigenvalue weighted by Crippen LogP contribution is 2.29. The Labute approximate surface area is 243 Å². The predicted octanol–water partition coefficient (Wildman–Crippen LogP) is 2.46. The number of hydrogen-bond donors (Lipinski definition) is 1. The molecule has 1 aromatic carbocycles. The van der Waals surface area contributed by atoms with E-state index in [1.54, 1.807) is 37.3 Å². The molecule has 1 fully saturated rings. The highest BCUT2D eigenvalue weighted by molar-refractivity contribution is 5.98. The van der Waals surface area contributed by atoms with Crippen molar-refractivity contribution in [2.45, 2.75) is 58.0 Å². The Bertz CT molecular complexity index is 1210. The summed E-state index contributed by atoms with van der Waals surface area (Å²) in [4.78, 5) is 54.5. The number of rotatable bonds is 12. The van der Waals surface area contributed by atoms with E-state index in [1.807, 2.05) is 6.92 Å². The first-order valence-electron chi connectivity index (χ1n) is 13.5. The number of amides is 1. The molecule has 3 rings (SSSR count). The SMILES string of the molecule is CCCCOC1COCC(NC(=O)c2nccc(OC)c2OCOC(C)=O)C(=O)OC(C)C1OC(=O)c1ccccc1. The van der Waals surface area contributed by atoms with Crippen LogP contribution >= 0.6 is 0 Å². The van der Waals surface area contributed by atoms with Crippen LogP contribution in [0.2, 0.25) is 0 Å². The summed E-state index contributed by atoms with van der Waals surface area (Å²) in [6, 6.07) is 8.61. The van der Waals surface area contributed by atoms with E-state index >= 15 is 0 Å². The number of carbonyl (C=O) groups is 4. The number of unbranched alkanes of at least 4 members (excludes halogenated alkanes) is 1. The molecule has 0 bridgehead atoms. The zero-order valence-corrected chi connectivity index (χ0v) is 24.0. The van der Waals surface area contributed by atoms with Crippen molar-refractivity contribution in [1.82, 2.24) is 10.3 Å². The second kappa shape index (κ2) is 16.3. The van der Waals surface area contributed by atoms with Crippen LogP contribution in [0.5, 0.6) is 11.5 Å². The summed E-state index contributed by atoms with van der Waals surface area (Å²) >= 11 is 0. The van der Waals surface area contributed by atoms with Crippen LogP contribution in [-0.2, 0) is 33.3 Å². The summed E-state index contributed by atoms with van der Waals surface area (Å²) in [5.41, 5.74) is 0.101. The van der Waals surface area contributed by atoms with Gasteiger partial charge in [-0.05, 0) is 25.5 Å². The van der Waals surface area contributed by atoms with Gasteiger partial charge in [-0.15, -0.1) is 0 Å². The van der Waals surface area contributed by atoms with Crippen LogP contribution in [0.15, 0.2) is 42.6 Å². The third kappa shape index (κ3) is 9.14. The minimum absolute atomic E-state index is 0.0437. The maximum absolute atomic E-state index is 13.2. The molecule has 0 radical (unpaired) electrons. The Morgan fingerprint density at radius 2 is 1.88 bits per heavy atom. The number of cyclic esters (lactones) is 1. The maximum atomic E-state index is 13.2. The number of nitrogens with zero attached hydrogens (tertiary/aromatic N) is 1. The van der Waals surface area contributed by atoms with E-state index in [0.29, 0.717) is 12.2 Å². The van der Waals surface area contributed by atoms with Crippen LogP contribution in [0.3, 0.4) is 0 Å². The lowest BCUT2D eigenvalue weighted by Crippen LogP contribution is -2.47. The largest absolute Gasteiger partial charge is 0.493 e. The number of hydrogen-bond acceptors (Lipinski definition) is 12. The standard InChI is InChI=1S/C29H36N2O11/c1-5-6-14-38-23-16-37-15-21(29(35)41-18(2)25(23)42-28(34)20-10-8-7-9-11-20)31-27(33)24-26(40-17-39-19(3)32)22(36-4)12-13-30-24/h7-13,18,21,23,25H,5-6,14-17H2,1-4H3,(H,31,33). The number of carbonyl (C=O) groups excluding carboxylic acids is 4. The molecule has 1 N–H and O–H groups in total. The predicted molar refractivity (Wildman–Crippen MR) is 146 cm³/mol. The zero-order chi connectivity index (χ0) is 30.5. The van der Waals surface area contributed by atoms with E-state index in [4.69, 9.17) is 33.2 Å². The normalized spacial score (nSPS) is 20.6. The van der Waals surface area contributed by atoms with Gasteiger partial charge < -0.3 is 38.5 Å². The number of aromatic nitrogens is 1. The molecular weight excluding hydrogens is 552 g/mol. The second-order valence-electron chi connectivity index (χ2n) is 9.29. The summed E-state index contributed by atoms with van der Waals surface area (Å²) in [7, 11) is 1.36. The molecule has 1 aliphatic heterocycles. The molecule has 1 aromatic heterocycles. The fourth-order valence-electron chi connectivity index (χ4n) is 3.95. The average Bonchev–Trinajstić information content (AvgIpc) is 3.02. The molecule has 4 unspecified atom stereocenters. The summed E-state index contributed by atoms with van der Waals surface area (Å²) in [5, 5.41) is 2.55. The Morgan fingerprint density at radius 3 is 2.57 bits per heavy atom. The monoisotopic (exact) mass is 588 g/mol. The first-order valence-corrected chi connectivity index (χ1v) is 13.5. The van der Waals surface area contributed by atoms with Crippen LogP contribution in [0.25, 0.3) is 0 Å².